The van der Waals surface area contributed by atoms with Gasteiger partial charge in [-0.2, -0.15) is 0 Å². The van der Waals surface area contributed by atoms with Gasteiger partial charge in [0.05, 0.1) is 6.04 Å². The lowest BCUT2D eigenvalue weighted by Gasteiger charge is -2.43. The van der Waals surface area contributed by atoms with Crippen LogP contribution in [-0.2, 0) is 10.3 Å². The van der Waals surface area contributed by atoms with Gasteiger partial charge >= 0.3 is 6.09 Å². The number of halogens is 3. The van der Waals surface area contributed by atoms with Gasteiger partial charge in [0.2, 0.25) is 0 Å². The van der Waals surface area contributed by atoms with Gasteiger partial charge in [0.15, 0.2) is 0 Å². The Labute approximate surface area is 191 Å². The fraction of sp³-hybridized carbons (Fsp3) is 0.222. The maximum atomic E-state index is 14.1. The van der Waals surface area contributed by atoms with Crippen LogP contribution in [0.1, 0.15) is 36.9 Å². The Kier molecular flexibility index (Phi) is 6.27. The first kappa shape index (κ1) is 22.6. The second-order valence-corrected chi connectivity index (χ2v) is 8.23. The molecule has 0 aliphatic carbocycles. The van der Waals surface area contributed by atoms with Gasteiger partial charge in [-0.25, -0.2) is 18.0 Å². The highest BCUT2D eigenvalue weighted by atomic mass is 19.1. The average molecular weight is 451 g/mol. The molecule has 1 saturated heterocycles. The number of rotatable bonds is 6. The predicted molar refractivity (Wildman–Crippen MR) is 121 cm³/mol. The van der Waals surface area contributed by atoms with Crippen molar-refractivity contribution in [1.82, 2.24) is 4.90 Å². The number of ether oxygens (including phenoxy) is 1. The molecule has 4 rings (SSSR count). The minimum atomic E-state index is -0.882. The summed E-state index contributed by atoms with van der Waals surface area (Å²) in [6, 6.07) is 16.3. The molecule has 1 fully saturated rings. The normalized spacial score (nSPS) is 19.2. The van der Waals surface area contributed by atoms with Crippen molar-refractivity contribution in [2.75, 3.05) is 6.54 Å². The van der Waals surface area contributed by atoms with E-state index in [1.165, 1.54) is 24.3 Å². The van der Waals surface area contributed by atoms with Gasteiger partial charge in [-0.15, -0.1) is 6.58 Å². The molecule has 1 amide bonds. The fourth-order valence-electron chi connectivity index (χ4n) is 4.32. The summed E-state index contributed by atoms with van der Waals surface area (Å²) in [4.78, 5) is 14.7. The predicted octanol–water partition coefficient (Wildman–Crippen LogP) is 7.15. The van der Waals surface area contributed by atoms with E-state index < -0.39 is 23.3 Å². The third-order valence-corrected chi connectivity index (χ3v) is 6.22. The summed E-state index contributed by atoms with van der Waals surface area (Å²) in [6.07, 6.45) is 2.18. The van der Waals surface area contributed by atoms with Crippen molar-refractivity contribution in [3.63, 3.8) is 0 Å². The van der Waals surface area contributed by atoms with Crippen LogP contribution in [0.5, 0.6) is 0 Å². The van der Waals surface area contributed by atoms with E-state index in [1.807, 2.05) is 19.1 Å². The number of carbonyl (C=O) groups is 1. The molecule has 170 valence electrons. The smallest absolute Gasteiger partial charge is 0.411 e. The van der Waals surface area contributed by atoms with Crippen molar-refractivity contribution < 1.29 is 22.7 Å². The molecular formula is C27H24F3NO2. The standard InChI is InChI=1S/C27H24F3NO2/c1-3-14-27(21-8-10-22(28)11-9-21)15-16-31(26(32)33-27)18(2)19-4-6-20(7-5-19)24-13-12-23(29)17-25(24)30/h3-13,17-18H,1,14-16H2,2H3/t18-,27?/m0/s1. The van der Waals surface area contributed by atoms with Gasteiger partial charge in [0.1, 0.15) is 23.1 Å². The third-order valence-electron chi connectivity index (χ3n) is 6.22. The van der Waals surface area contributed by atoms with Gasteiger partial charge in [0.25, 0.3) is 0 Å². The highest BCUT2D eigenvalue weighted by Crippen LogP contribution is 2.40. The Morgan fingerprint density at radius 1 is 1.03 bits per heavy atom. The van der Waals surface area contributed by atoms with Crippen molar-refractivity contribution in [2.24, 2.45) is 0 Å². The SMILES string of the molecule is C=CCC1(c2ccc(F)cc2)CCN([C@@H](C)c2ccc(-c3ccc(F)cc3F)cc2)C(=O)O1. The Morgan fingerprint density at radius 3 is 2.30 bits per heavy atom. The van der Waals surface area contributed by atoms with Crippen LogP contribution >= 0.6 is 0 Å². The van der Waals surface area contributed by atoms with E-state index in [4.69, 9.17) is 4.74 Å². The zero-order valence-electron chi connectivity index (χ0n) is 18.2. The molecule has 1 heterocycles. The number of cyclic esters (lactones) is 1. The van der Waals surface area contributed by atoms with Crippen molar-refractivity contribution in [3.8, 4) is 11.1 Å². The Hall–Kier alpha value is -3.54. The molecule has 0 N–H and O–H groups in total. The maximum absolute atomic E-state index is 14.1. The largest absolute Gasteiger partial charge is 0.437 e. The molecule has 1 unspecified atom stereocenters. The van der Waals surface area contributed by atoms with Crippen molar-refractivity contribution in [1.29, 1.82) is 0 Å². The van der Waals surface area contributed by atoms with Crippen LogP contribution in [0.2, 0.25) is 0 Å². The maximum Gasteiger partial charge on any atom is 0.411 e. The van der Waals surface area contributed by atoms with Crippen molar-refractivity contribution in [2.45, 2.75) is 31.4 Å². The van der Waals surface area contributed by atoms with Gasteiger partial charge in [-0.05, 0) is 47.9 Å². The van der Waals surface area contributed by atoms with Crippen LogP contribution in [0.15, 0.2) is 79.4 Å². The molecule has 3 nitrogen and oxygen atoms in total. The van der Waals surface area contributed by atoms with E-state index in [0.29, 0.717) is 30.5 Å². The van der Waals surface area contributed by atoms with E-state index in [0.717, 1.165) is 17.2 Å². The molecule has 2 atom stereocenters. The monoisotopic (exact) mass is 451 g/mol. The van der Waals surface area contributed by atoms with Crippen LogP contribution in [0.25, 0.3) is 11.1 Å². The number of amides is 1. The Morgan fingerprint density at radius 2 is 1.70 bits per heavy atom. The number of benzene rings is 3. The molecule has 3 aromatic carbocycles. The van der Waals surface area contributed by atoms with Crippen LogP contribution in [0.4, 0.5) is 18.0 Å². The molecule has 3 aromatic rings. The zero-order valence-corrected chi connectivity index (χ0v) is 18.2. The lowest BCUT2D eigenvalue weighted by Crippen LogP contribution is -2.48. The molecule has 0 bridgehead atoms. The molecule has 0 saturated carbocycles. The molecule has 0 aromatic heterocycles. The molecule has 1 aliphatic heterocycles. The molecule has 33 heavy (non-hydrogen) atoms. The van der Waals surface area contributed by atoms with Gasteiger partial charge in [-0.3, -0.25) is 0 Å². The number of nitrogens with zero attached hydrogens (tertiary/aromatic N) is 1. The lowest BCUT2D eigenvalue weighted by atomic mass is 9.85. The number of carbonyl (C=O) groups excluding carboxylic acids is 1. The first-order valence-corrected chi connectivity index (χ1v) is 10.7. The van der Waals surface area contributed by atoms with Crippen LogP contribution in [0.3, 0.4) is 0 Å². The summed E-state index contributed by atoms with van der Waals surface area (Å²) in [5, 5.41) is 0. The van der Waals surface area contributed by atoms with Gasteiger partial charge < -0.3 is 9.64 Å². The number of hydrogen-bond acceptors (Lipinski definition) is 2. The van der Waals surface area contributed by atoms with E-state index in [-0.39, 0.29) is 11.9 Å². The summed E-state index contributed by atoms with van der Waals surface area (Å²) in [5.41, 5.74) is 1.63. The van der Waals surface area contributed by atoms with E-state index in [2.05, 4.69) is 6.58 Å². The van der Waals surface area contributed by atoms with Crippen LogP contribution < -0.4 is 0 Å². The summed E-state index contributed by atoms with van der Waals surface area (Å²) in [6.45, 7) is 6.13. The van der Waals surface area contributed by atoms with Gasteiger partial charge in [0, 0.05) is 31.0 Å². The average Bonchev–Trinajstić information content (AvgIpc) is 2.79. The van der Waals surface area contributed by atoms with E-state index in [1.54, 1.807) is 35.2 Å². The summed E-state index contributed by atoms with van der Waals surface area (Å²) < 4.78 is 46.6. The molecular weight excluding hydrogens is 427 g/mol. The molecule has 0 spiro atoms. The first-order valence-electron chi connectivity index (χ1n) is 10.7. The first-order chi connectivity index (χ1) is 15.8. The van der Waals surface area contributed by atoms with E-state index in [9.17, 15) is 18.0 Å². The van der Waals surface area contributed by atoms with E-state index >= 15 is 0 Å². The third kappa shape index (κ3) is 4.51. The Balaban J connectivity index is 1.52. The van der Waals surface area contributed by atoms with Gasteiger partial charge in [-0.1, -0.05) is 42.5 Å². The van der Waals surface area contributed by atoms with Crippen molar-refractivity contribution >= 4 is 6.09 Å². The highest BCUT2D eigenvalue weighted by molar-refractivity contribution is 5.70. The minimum Gasteiger partial charge on any atom is -0.437 e. The molecule has 6 heteroatoms. The van der Waals surface area contributed by atoms with Crippen molar-refractivity contribution in [3.05, 3.63) is 108 Å². The molecule has 0 radical (unpaired) electrons. The highest BCUT2D eigenvalue weighted by Gasteiger charge is 2.42. The summed E-state index contributed by atoms with van der Waals surface area (Å²) in [7, 11) is 0. The second kappa shape index (κ2) is 9.14. The number of hydrogen-bond donors (Lipinski definition) is 0. The second-order valence-electron chi connectivity index (χ2n) is 8.23. The molecule has 1 aliphatic rings. The fourth-order valence-corrected chi connectivity index (χ4v) is 4.32. The van der Waals surface area contributed by atoms with Crippen LogP contribution in [-0.4, -0.2) is 17.5 Å². The van der Waals surface area contributed by atoms with Crippen LogP contribution in [0, 0.1) is 17.5 Å². The Bertz CT molecular complexity index is 1160. The zero-order chi connectivity index (χ0) is 23.6. The quantitative estimate of drug-likeness (QED) is 0.373. The summed E-state index contributed by atoms with van der Waals surface area (Å²) >= 11 is 0. The topological polar surface area (TPSA) is 29.5 Å². The minimum absolute atomic E-state index is 0.278. The summed E-state index contributed by atoms with van der Waals surface area (Å²) in [5.74, 6) is -1.61. The lowest BCUT2D eigenvalue weighted by molar-refractivity contribution is -0.0588.